The number of carbonyl (C=O) groups is 1. The number of pyridine rings is 1. The van der Waals surface area contributed by atoms with Crippen molar-refractivity contribution in [3.8, 4) is 5.88 Å². The van der Waals surface area contributed by atoms with Crippen LogP contribution in [0.4, 0.5) is 0 Å². The molecule has 0 atom stereocenters. The number of ether oxygens (including phenoxy) is 1. The van der Waals surface area contributed by atoms with Crippen LogP contribution in [0.3, 0.4) is 0 Å². The molecule has 2 aromatic rings. The Balaban J connectivity index is 2.22. The molecule has 0 spiro atoms. The predicted molar refractivity (Wildman–Crippen MR) is 74.7 cm³/mol. The Labute approximate surface area is 123 Å². The molecule has 1 aromatic heterocycles. The molecule has 4 nitrogen and oxygen atoms in total. The van der Waals surface area contributed by atoms with Crippen LogP contribution in [0, 0.1) is 0 Å². The number of aromatic carboxylic acids is 1. The molecule has 0 bridgehead atoms. The zero-order valence-corrected chi connectivity index (χ0v) is 12.0. The lowest BCUT2D eigenvalue weighted by Crippen LogP contribution is -2.04. The Bertz CT molecular complexity index is 604. The number of aromatic nitrogens is 1. The molecule has 0 aliphatic heterocycles. The van der Waals surface area contributed by atoms with Crippen molar-refractivity contribution in [2.24, 2.45) is 0 Å². The summed E-state index contributed by atoms with van der Waals surface area (Å²) < 4.78 is 5.73. The van der Waals surface area contributed by atoms with Gasteiger partial charge in [-0.25, -0.2) is 9.78 Å². The van der Waals surface area contributed by atoms with Crippen LogP contribution < -0.4 is 4.74 Å². The van der Waals surface area contributed by atoms with E-state index in [0.717, 1.165) is 5.56 Å². The van der Waals surface area contributed by atoms with Crippen LogP contribution in [0.25, 0.3) is 0 Å². The first kappa shape index (κ1) is 13.8. The van der Waals surface area contributed by atoms with Gasteiger partial charge in [-0.05, 0) is 21.5 Å². The molecule has 0 radical (unpaired) electrons. The van der Waals surface area contributed by atoms with Gasteiger partial charge in [0.05, 0.1) is 21.3 Å². The molecular formula is C13H9BrClNO3. The van der Waals surface area contributed by atoms with Crippen LogP contribution in [-0.2, 0) is 6.61 Å². The van der Waals surface area contributed by atoms with Gasteiger partial charge in [0.1, 0.15) is 6.61 Å². The molecular weight excluding hydrogens is 334 g/mol. The first-order chi connectivity index (χ1) is 9.09. The van der Waals surface area contributed by atoms with Crippen LogP contribution in [0.2, 0.25) is 5.02 Å². The lowest BCUT2D eigenvalue weighted by molar-refractivity contribution is 0.0695. The Morgan fingerprint density at radius 2 is 2.05 bits per heavy atom. The minimum atomic E-state index is -1.14. The lowest BCUT2D eigenvalue weighted by atomic mass is 10.2. The molecule has 1 N–H and O–H groups in total. The van der Waals surface area contributed by atoms with E-state index in [-0.39, 0.29) is 20.9 Å². The number of halogens is 2. The SMILES string of the molecule is O=C(O)c1c(Cl)cnc(OCc2ccccc2)c1Br. The highest BCUT2D eigenvalue weighted by atomic mass is 79.9. The van der Waals surface area contributed by atoms with Gasteiger partial charge in [-0.3, -0.25) is 0 Å². The van der Waals surface area contributed by atoms with E-state index in [4.69, 9.17) is 21.4 Å². The molecule has 1 heterocycles. The third-order valence-corrected chi connectivity index (χ3v) is 3.40. The second kappa shape index (κ2) is 6.04. The van der Waals surface area contributed by atoms with Crippen molar-refractivity contribution in [1.82, 2.24) is 4.98 Å². The first-order valence-electron chi connectivity index (χ1n) is 5.33. The summed E-state index contributed by atoms with van der Waals surface area (Å²) in [5, 5.41) is 9.12. The Morgan fingerprint density at radius 3 is 2.68 bits per heavy atom. The van der Waals surface area contributed by atoms with E-state index in [1.54, 1.807) is 0 Å². The third-order valence-electron chi connectivity index (χ3n) is 2.37. The van der Waals surface area contributed by atoms with Gasteiger partial charge >= 0.3 is 5.97 Å². The minimum absolute atomic E-state index is 0.0558. The van der Waals surface area contributed by atoms with Crippen LogP contribution in [-0.4, -0.2) is 16.1 Å². The maximum atomic E-state index is 11.1. The van der Waals surface area contributed by atoms with Gasteiger partial charge in [-0.15, -0.1) is 0 Å². The quantitative estimate of drug-likeness (QED) is 0.918. The summed E-state index contributed by atoms with van der Waals surface area (Å²) in [6.45, 7) is 0.299. The number of nitrogens with zero attached hydrogens (tertiary/aromatic N) is 1. The lowest BCUT2D eigenvalue weighted by Gasteiger charge is -2.09. The van der Waals surface area contributed by atoms with Crippen LogP contribution >= 0.6 is 27.5 Å². The summed E-state index contributed by atoms with van der Waals surface area (Å²) in [4.78, 5) is 15.0. The van der Waals surface area contributed by atoms with E-state index in [2.05, 4.69) is 20.9 Å². The first-order valence-corrected chi connectivity index (χ1v) is 6.50. The van der Waals surface area contributed by atoms with Crippen LogP contribution in [0.5, 0.6) is 5.88 Å². The van der Waals surface area contributed by atoms with Crippen molar-refractivity contribution < 1.29 is 14.6 Å². The zero-order chi connectivity index (χ0) is 13.8. The highest BCUT2D eigenvalue weighted by molar-refractivity contribution is 9.10. The monoisotopic (exact) mass is 341 g/mol. The molecule has 19 heavy (non-hydrogen) atoms. The van der Waals surface area contributed by atoms with Crippen LogP contribution in [0.1, 0.15) is 15.9 Å². The van der Waals surface area contributed by atoms with Gasteiger partial charge in [-0.1, -0.05) is 41.9 Å². The van der Waals surface area contributed by atoms with Gasteiger partial charge in [0, 0.05) is 0 Å². The van der Waals surface area contributed by atoms with E-state index in [0.29, 0.717) is 6.61 Å². The molecule has 0 saturated heterocycles. The molecule has 0 saturated carbocycles. The predicted octanol–water partition coefficient (Wildman–Crippen LogP) is 3.77. The van der Waals surface area contributed by atoms with Gasteiger partial charge < -0.3 is 9.84 Å². The summed E-state index contributed by atoms with van der Waals surface area (Å²) in [5.41, 5.74) is 0.905. The summed E-state index contributed by atoms with van der Waals surface area (Å²) in [5.74, 6) is -0.936. The average Bonchev–Trinajstić information content (AvgIpc) is 2.38. The third kappa shape index (κ3) is 3.24. The Kier molecular flexibility index (Phi) is 4.39. The number of rotatable bonds is 4. The summed E-state index contributed by atoms with van der Waals surface area (Å²) in [7, 11) is 0. The molecule has 0 unspecified atom stereocenters. The average molecular weight is 343 g/mol. The molecule has 0 amide bonds. The molecule has 0 aliphatic rings. The molecule has 6 heteroatoms. The number of carboxylic acids is 1. The normalized spacial score (nSPS) is 10.2. The maximum absolute atomic E-state index is 11.1. The Morgan fingerprint density at radius 1 is 1.37 bits per heavy atom. The number of hydrogen-bond acceptors (Lipinski definition) is 3. The molecule has 98 valence electrons. The van der Waals surface area contributed by atoms with Gasteiger partial charge in [0.25, 0.3) is 0 Å². The molecule has 2 rings (SSSR count). The Hall–Kier alpha value is -1.59. The number of carboxylic acid groups (broad SMARTS) is 1. The number of benzene rings is 1. The second-order valence-corrected chi connectivity index (χ2v) is 4.88. The van der Waals surface area contributed by atoms with Crippen molar-refractivity contribution in [3.63, 3.8) is 0 Å². The fourth-order valence-corrected chi connectivity index (χ4v) is 2.41. The number of hydrogen-bond donors (Lipinski definition) is 1. The fraction of sp³-hybridized carbons (Fsp3) is 0.0769. The molecule has 0 aliphatic carbocycles. The topological polar surface area (TPSA) is 59.4 Å². The summed E-state index contributed by atoms with van der Waals surface area (Å²) in [6, 6.07) is 9.50. The zero-order valence-electron chi connectivity index (χ0n) is 9.64. The fourth-order valence-electron chi connectivity index (χ4n) is 1.47. The molecule has 0 fully saturated rings. The summed E-state index contributed by atoms with van der Waals surface area (Å²) in [6.07, 6.45) is 1.26. The minimum Gasteiger partial charge on any atom is -0.478 e. The van der Waals surface area contributed by atoms with Crippen molar-refractivity contribution >= 4 is 33.5 Å². The summed E-state index contributed by atoms with van der Waals surface area (Å²) >= 11 is 8.94. The van der Waals surface area contributed by atoms with Crippen LogP contribution in [0.15, 0.2) is 41.0 Å². The highest BCUT2D eigenvalue weighted by Crippen LogP contribution is 2.31. The van der Waals surface area contributed by atoms with Crippen molar-refractivity contribution in [3.05, 3.63) is 57.2 Å². The largest absolute Gasteiger partial charge is 0.478 e. The van der Waals surface area contributed by atoms with Crippen molar-refractivity contribution in [2.45, 2.75) is 6.61 Å². The van der Waals surface area contributed by atoms with Gasteiger partial charge in [-0.2, -0.15) is 0 Å². The molecule has 1 aromatic carbocycles. The van der Waals surface area contributed by atoms with Gasteiger partial charge in [0.15, 0.2) is 0 Å². The highest BCUT2D eigenvalue weighted by Gasteiger charge is 2.18. The smallest absolute Gasteiger partial charge is 0.338 e. The van der Waals surface area contributed by atoms with Crippen molar-refractivity contribution in [1.29, 1.82) is 0 Å². The maximum Gasteiger partial charge on any atom is 0.338 e. The van der Waals surface area contributed by atoms with E-state index in [1.807, 2.05) is 30.3 Å². The second-order valence-electron chi connectivity index (χ2n) is 3.68. The van der Waals surface area contributed by atoms with E-state index in [9.17, 15) is 4.79 Å². The van der Waals surface area contributed by atoms with E-state index < -0.39 is 5.97 Å². The van der Waals surface area contributed by atoms with Gasteiger partial charge in [0.2, 0.25) is 5.88 Å². The van der Waals surface area contributed by atoms with E-state index in [1.165, 1.54) is 6.20 Å². The van der Waals surface area contributed by atoms with Crippen molar-refractivity contribution in [2.75, 3.05) is 0 Å². The standard InChI is InChI=1S/C13H9BrClNO3/c14-11-10(13(17)18)9(15)6-16-12(11)19-7-8-4-2-1-3-5-8/h1-6H,7H2,(H,17,18). The van der Waals surface area contributed by atoms with E-state index >= 15 is 0 Å².